The van der Waals surface area contributed by atoms with Crippen molar-refractivity contribution < 1.29 is 0 Å². The fraction of sp³-hybridized carbons (Fsp3) is 0. The van der Waals surface area contributed by atoms with E-state index in [0.29, 0.717) is 11.6 Å². The first-order valence-corrected chi connectivity index (χ1v) is 6.20. The standard InChI is InChI=1S/C7H6N2.C6H6N6/c1-2-4-7-6(3-1)5-8-9-7;1-3-7-9-5(1)11-12-6-2-4-8-10-6/h1-5H,(H,8,9);1-4H,(H,7,9)(H,8,10). The van der Waals surface area contributed by atoms with Crippen LogP contribution in [0.3, 0.4) is 0 Å². The van der Waals surface area contributed by atoms with Gasteiger partial charge in [0, 0.05) is 17.5 Å². The van der Waals surface area contributed by atoms with Crippen molar-refractivity contribution in [3.05, 3.63) is 55.0 Å². The van der Waals surface area contributed by atoms with Crippen LogP contribution < -0.4 is 0 Å². The average Bonchev–Trinajstić information content (AvgIpc) is 3.27. The Morgan fingerprint density at radius 3 is 1.95 bits per heavy atom. The molecule has 3 aromatic heterocycles. The van der Waals surface area contributed by atoms with Crippen LogP contribution in [0.5, 0.6) is 0 Å². The number of H-pyrrole nitrogens is 3. The molecule has 0 amide bonds. The lowest BCUT2D eigenvalue weighted by Gasteiger charge is -1.81. The summed E-state index contributed by atoms with van der Waals surface area (Å²) < 4.78 is 0. The van der Waals surface area contributed by atoms with E-state index in [4.69, 9.17) is 0 Å². The predicted octanol–water partition coefficient (Wildman–Crippen LogP) is 3.11. The van der Waals surface area contributed by atoms with Crippen LogP contribution in [0.15, 0.2) is 65.2 Å². The molecular formula is C13H12N8. The molecule has 4 rings (SSSR count). The summed E-state index contributed by atoms with van der Waals surface area (Å²) in [7, 11) is 0. The second-order valence-electron chi connectivity index (χ2n) is 4.04. The molecule has 0 radical (unpaired) electrons. The first-order valence-electron chi connectivity index (χ1n) is 6.20. The van der Waals surface area contributed by atoms with E-state index in [1.807, 2.05) is 30.5 Å². The summed E-state index contributed by atoms with van der Waals surface area (Å²) >= 11 is 0. The molecule has 0 bridgehead atoms. The highest BCUT2D eigenvalue weighted by molar-refractivity contribution is 5.77. The number of nitrogens with zero attached hydrogens (tertiary/aromatic N) is 5. The molecule has 8 nitrogen and oxygen atoms in total. The van der Waals surface area contributed by atoms with E-state index in [2.05, 4.69) is 40.8 Å². The van der Waals surface area contributed by atoms with Crippen LogP contribution >= 0.6 is 0 Å². The van der Waals surface area contributed by atoms with Gasteiger partial charge in [0.05, 0.1) is 24.1 Å². The fourth-order valence-electron chi connectivity index (χ4n) is 1.60. The zero-order chi connectivity index (χ0) is 14.3. The Morgan fingerprint density at radius 2 is 1.38 bits per heavy atom. The normalized spacial score (nSPS) is 10.7. The number of hydrogen-bond acceptors (Lipinski definition) is 5. The molecule has 3 N–H and O–H groups in total. The van der Waals surface area contributed by atoms with Gasteiger partial charge in [0.25, 0.3) is 0 Å². The van der Waals surface area contributed by atoms with Crippen LogP contribution in [-0.2, 0) is 0 Å². The average molecular weight is 280 g/mol. The minimum absolute atomic E-state index is 0.615. The second-order valence-corrected chi connectivity index (χ2v) is 4.04. The van der Waals surface area contributed by atoms with E-state index in [1.165, 1.54) is 0 Å². The van der Waals surface area contributed by atoms with Gasteiger partial charge in [-0.3, -0.25) is 15.3 Å². The summed E-state index contributed by atoms with van der Waals surface area (Å²) in [6.07, 6.45) is 5.04. The van der Waals surface area contributed by atoms with Crippen LogP contribution in [0.1, 0.15) is 0 Å². The molecule has 8 heteroatoms. The van der Waals surface area contributed by atoms with E-state index in [9.17, 15) is 0 Å². The molecule has 0 aliphatic carbocycles. The van der Waals surface area contributed by atoms with Crippen molar-refractivity contribution in [2.24, 2.45) is 10.2 Å². The summed E-state index contributed by atoms with van der Waals surface area (Å²) in [5.74, 6) is 1.23. The van der Waals surface area contributed by atoms with Crippen LogP contribution in [0.25, 0.3) is 10.9 Å². The minimum Gasteiger partial charge on any atom is -0.278 e. The molecule has 0 saturated carbocycles. The molecule has 0 saturated heterocycles. The summed E-state index contributed by atoms with van der Waals surface area (Å²) in [5.41, 5.74) is 1.09. The summed E-state index contributed by atoms with van der Waals surface area (Å²) in [6.45, 7) is 0. The molecule has 0 aliphatic heterocycles. The molecule has 104 valence electrons. The third-order valence-corrected chi connectivity index (χ3v) is 2.59. The van der Waals surface area contributed by atoms with Gasteiger partial charge in [0.15, 0.2) is 11.6 Å². The SMILES string of the molecule is c1cc(N=Nc2ccn[nH]2)[nH]n1.c1ccc2[nH]ncc2c1. The number of azo groups is 1. The maximum absolute atomic E-state index is 3.88. The van der Waals surface area contributed by atoms with Gasteiger partial charge in [-0.2, -0.15) is 15.3 Å². The lowest BCUT2D eigenvalue weighted by Crippen LogP contribution is -1.64. The number of nitrogens with one attached hydrogen (secondary N) is 3. The number of benzene rings is 1. The Morgan fingerprint density at radius 1 is 0.714 bits per heavy atom. The number of hydrogen-bond donors (Lipinski definition) is 3. The summed E-state index contributed by atoms with van der Waals surface area (Å²) in [4.78, 5) is 0. The smallest absolute Gasteiger partial charge is 0.170 e. The number of fused-ring (bicyclic) bond motifs is 1. The lowest BCUT2D eigenvalue weighted by molar-refractivity contribution is 1.02. The van der Waals surface area contributed by atoms with Gasteiger partial charge in [-0.15, -0.1) is 10.2 Å². The maximum Gasteiger partial charge on any atom is 0.170 e. The third kappa shape index (κ3) is 3.38. The highest BCUT2D eigenvalue weighted by Crippen LogP contribution is 2.11. The Bertz CT molecular complexity index is 731. The van der Waals surface area contributed by atoms with Crippen molar-refractivity contribution in [2.75, 3.05) is 0 Å². The van der Waals surface area contributed by atoms with Crippen LogP contribution in [0, 0.1) is 0 Å². The first kappa shape index (κ1) is 12.7. The summed E-state index contributed by atoms with van der Waals surface area (Å²) in [6, 6.07) is 11.5. The molecule has 0 spiro atoms. The zero-order valence-corrected chi connectivity index (χ0v) is 10.9. The zero-order valence-electron chi connectivity index (χ0n) is 10.9. The van der Waals surface area contributed by atoms with Crippen LogP contribution in [0.2, 0.25) is 0 Å². The molecule has 0 unspecified atom stereocenters. The quantitative estimate of drug-likeness (QED) is 0.490. The second kappa shape index (κ2) is 6.24. The number of aromatic amines is 3. The van der Waals surface area contributed by atoms with Crippen molar-refractivity contribution in [3.8, 4) is 0 Å². The van der Waals surface area contributed by atoms with Gasteiger partial charge in [-0.05, 0) is 6.07 Å². The Hall–Kier alpha value is -3.29. The monoisotopic (exact) mass is 280 g/mol. The van der Waals surface area contributed by atoms with E-state index in [-0.39, 0.29) is 0 Å². The highest BCUT2D eigenvalue weighted by Gasteiger charge is 1.90. The van der Waals surface area contributed by atoms with E-state index in [1.54, 1.807) is 24.5 Å². The summed E-state index contributed by atoms with van der Waals surface area (Å²) in [5, 5.41) is 28.3. The van der Waals surface area contributed by atoms with Crippen molar-refractivity contribution >= 4 is 22.5 Å². The Labute approximate surface area is 119 Å². The van der Waals surface area contributed by atoms with Gasteiger partial charge in [0.2, 0.25) is 0 Å². The topological polar surface area (TPSA) is 111 Å². The number of aromatic nitrogens is 6. The largest absolute Gasteiger partial charge is 0.278 e. The van der Waals surface area contributed by atoms with Crippen LogP contribution in [0.4, 0.5) is 11.6 Å². The van der Waals surface area contributed by atoms with Gasteiger partial charge >= 0.3 is 0 Å². The Kier molecular flexibility index (Phi) is 3.78. The van der Waals surface area contributed by atoms with Gasteiger partial charge in [-0.1, -0.05) is 18.2 Å². The molecule has 3 heterocycles. The van der Waals surface area contributed by atoms with Crippen molar-refractivity contribution in [1.82, 2.24) is 30.6 Å². The van der Waals surface area contributed by atoms with Crippen LogP contribution in [-0.4, -0.2) is 30.6 Å². The molecule has 0 aliphatic rings. The predicted molar refractivity (Wildman–Crippen MR) is 77.4 cm³/mol. The van der Waals surface area contributed by atoms with E-state index < -0.39 is 0 Å². The molecule has 0 fully saturated rings. The highest BCUT2D eigenvalue weighted by atomic mass is 15.3. The number of para-hydroxylation sites is 1. The van der Waals surface area contributed by atoms with Gasteiger partial charge in [0.1, 0.15) is 0 Å². The van der Waals surface area contributed by atoms with Crippen molar-refractivity contribution in [1.29, 1.82) is 0 Å². The van der Waals surface area contributed by atoms with Crippen molar-refractivity contribution in [2.45, 2.75) is 0 Å². The van der Waals surface area contributed by atoms with Crippen molar-refractivity contribution in [3.63, 3.8) is 0 Å². The molecular weight excluding hydrogens is 268 g/mol. The first-order chi connectivity index (χ1) is 10.4. The fourth-order valence-corrected chi connectivity index (χ4v) is 1.60. The minimum atomic E-state index is 0.615. The van der Waals surface area contributed by atoms with E-state index >= 15 is 0 Å². The molecule has 21 heavy (non-hydrogen) atoms. The Balaban J connectivity index is 0.000000131. The maximum atomic E-state index is 3.88. The number of rotatable bonds is 2. The lowest BCUT2D eigenvalue weighted by atomic mass is 10.3. The molecule has 4 aromatic rings. The molecule has 0 atom stereocenters. The van der Waals surface area contributed by atoms with Gasteiger partial charge < -0.3 is 0 Å². The van der Waals surface area contributed by atoms with Gasteiger partial charge in [-0.25, -0.2) is 0 Å². The molecule has 1 aromatic carbocycles. The third-order valence-electron chi connectivity index (χ3n) is 2.59. The van der Waals surface area contributed by atoms with E-state index in [0.717, 1.165) is 10.9 Å².